The lowest BCUT2D eigenvalue weighted by Crippen LogP contribution is -2.26. The molecule has 2 nitrogen and oxygen atoms in total. The van der Waals surface area contributed by atoms with Gasteiger partial charge in [0.1, 0.15) is 5.82 Å². The van der Waals surface area contributed by atoms with E-state index in [1.54, 1.807) is 6.07 Å². The molecule has 1 rings (SSSR count). The first-order chi connectivity index (χ1) is 8.11. The number of nitrogens with one attached hydrogen (secondary N) is 2. The summed E-state index contributed by atoms with van der Waals surface area (Å²) in [5.74, 6) is -0.160. The van der Waals surface area contributed by atoms with Gasteiger partial charge in [-0.25, -0.2) is 4.39 Å². The van der Waals surface area contributed by atoms with Gasteiger partial charge in [0.25, 0.3) is 0 Å². The van der Waals surface area contributed by atoms with E-state index in [-0.39, 0.29) is 5.82 Å². The van der Waals surface area contributed by atoms with Gasteiger partial charge in [0, 0.05) is 22.6 Å². The summed E-state index contributed by atoms with van der Waals surface area (Å²) < 4.78 is 14.3. The predicted molar refractivity (Wildman–Crippen MR) is 73.6 cm³/mol. The van der Waals surface area contributed by atoms with E-state index in [0.717, 1.165) is 24.0 Å². The van der Waals surface area contributed by atoms with Crippen LogP contribution in [-0.4, -0.2) is 19.1 Å². The van der Waals surface area contributed by atoms with Crippen LogP contribution in [-0.2, 0) is 6.54 Å². The summed E-state index contributed by atoms with van der Waals surface area (Å²) in [4.78, 5) is 0. The highest BCUT2D eigenvalue weighted by Crippen LogP contribution is 2.19. The SMILES string of the molecule is CC(C)NCCCNCc1c(F)cccc1Br. The van der Waals surface area contributed by atoms with Crippen LogP contribution < -0.4 is 10.6 Å². The Bertz CT molecular complexity index is 322. The van der Waals surface area contributed by atoms with Crippen molar-refractivity contribution in [3.8, 4) is 0 Å². The van der Waals surface area contributed by atoms with Gasteiger partial charge in [0.05, 0.1) is 0 Å². The van der Waals surface area contributed by atoms with Gasteiger partial charge in [-0.05, 0) is 31.6 Å². The molecule has 4 heteroatoms. The van der Waals surface area contributed by atoms with Gasteiger partial charge in [-0.3, -0.25) is 0 Å². The summed E-state index contributed by atoms with van der Waals surface area (Å²) in [5, 5.41) is 6.59. The molecule has 0 saturated carbocycles. The second kappa shape index (κ2) is 7.80. The molecule has 1 aromatic rings. The third kappa shape index (κ3) is 5.61. The summed E-state index contributed by atoms with van der Waals surface area (Å²) in [6, 6.07) is 5.58. The highest BCUT2D eigenvalue weighted by atomic mass is 79.9. The average molecular weight is 303 g/mol. The van der Waals surface area contributed by atoms with Crippen molar-refractivity contribution in [3.63, 3.8) is 0 Å². The molecule has 0 aliphatic carbocycles. The van der Waals surface area contributed by atoms with Crippen molar-refractivity contribution in [3.05, 3.63) is 34.1 Å². The van der Waals surface area contributed by atoms with Crippen LogP contribution in [0.4, 0.5) is 4.39 Å². The Kier molecular flexibility index (Phi) is 6.70. The van der Waals surface area contributed by atoms with Crippen molar-refractivity contribution in [2.45, 2.75) is 32.9 Å². The second-order valence-electron chi connectivity index (χ2n) is 4.34. The van der Waals surface area contributed by atoms with Crippen LogP contribution in [0.1, 0.15) is 25.8 Å². The predicted octanol–water partition coefficient (Wildman–Crippen LogP) is 3.07. The lowest BCUT2D eigenvalue weighted by molar-refractivity contribution is 0.539. The van der Waals surface area contributed by atoms with E-state index in [2.05, 4.69) is 40.4 Å². The van der Waals surface area contributed by atoms with Crippen LogP contribution >= 0.6 is 15.9 Å². The average Bonchev–Trinajstić information content (AvgIpc) is 2.26. The first kappa shape index (κ1) is 14.6. The molecule has 0 atom stereocenters. The molecule has 0 bridgehead atoms. The van der Waals surface area contributed by atoms with Crippen LogP contribution in [0.15, 0.2) is 22.7 Å². The quantitative estimate of drug-likeness (QED) is 0.757. The summed E-state index contributed by atoms with van der Waals surface area (Å²) >= 11 is 3.36. The Morgan fingerprint density at radius 1 is 1.29 bits per heavy atom. The molecule has 0 aliphatic rings. The van der Waals surface area contributed by atoms with E-state index < -0.39 is 0 Å². The van der Waals surface area contributed by atoms with E-state index in [1.807, 2.05) is 6.07 Å². The van der Waals surface area contributed by atoms with Gasteiger partial charge in [-0.15, -0.1) is 0 Å². The number of halogens is 2. The van der Waals surface area contributed by atoms with Crippen LogP contribution in [0.25, 0.3) is 0 Å². The first-order valence-electron chi connectivity index (χ1n) is 5.98. The minimum atomic E-state index is -0.160. The first-order valence-corrected chi connectivity index (χ1v) is 6.77. The molecule has 0 heterocycles. The molecule has 96 valence electrons. The second-order valence-corrected chi connectivity index (χ2v) is 5.19. The zero-order valence-corrected chi connectivity index (χ0v) is 12.0. The Balaban J connectivity index is 2.22. The van der Waals surface area contributed by atoms with Crippen molar-refractivity contribution < 1.29 is 4.39 Å². The molecule has 0 aliphatic heterocycles. The van der Waals surface area contributed by atoms with E-state index >= 15 is 0 Å². The fourth-order valence-electron chi connectivity index (χ4n) is 1.52. The number of benzene rings is 1. The van der Waals surface area contributed by atoms with Crippen LogP contribution in [0.3, 0.4) is 0 Å². The van der Waals surface area contributed by atoms with Crippen molar-refractivity contribution in [1.29, 1.82) is 0 Å². The molecule has 0 spiro atoms. The van der Waals surface area contributed by atoms with Crippen molar-refractivity contribution in [1.82, 2.24) is 10.6 Å². The molecule has 0 amide bonds. The van der Waals surface area contributed by atoms with Gasteiger partial charge >= 0.3 is 0 Å². The Hall–Kier alpha value is -0.450. The molecule has 0 saturated heterocycles. The smallest absolute Gasteiger partial charge is 0.128 e. The van der Waals surface area contributed by atoms with Gasteiger partial charge in [-0.1, -0.05) is 35.8 Å². The summed E-state index contributed by atoms with van der Waals surface area (Å²) in [7, 11) is 0. The molecular weight excluding hydrogens is 283 g/mol. The van der Waals surface area contributed by atoms with Crippen molar-refractivity contribution in [2.75, 3.05) is 13.1 Å². The fourth-order valence-corrected chi connectivity index (χ4v) is 2.00. The number of hydrogen-bond donors (Lipinski definition) is 2. The maximum Gasteiger partial charge on any atom is 0.128 e. The van der Waals surface area contributed by atoms with Crippen molar-refractivity contribution >= 4 is 15.9 Å². The van der Waals surface area contributed by atoms with Crippen LogP contribution in [0.2, 0.25) is 0 Å². The van der Waals surface area contributed by atoms with E-state index in [0.29, 0.717) is 18.2 Å². The maximum absolute atomic E-state index is 13.4. The largest absolute Gasteiger partial charge is 0.314 e. The fraction of sp³-hybridized carbons (Fsp3) is 0.538. The third-order valence-corrected chi connectivity index (χ3v) is 3.19. The minimum Gasteiger partial charge on any atom is -0.314 e. The molecule has 17 heavy (non-hydrogen) atoms. The third-order valence-electron chi connectivity index (χ3n) is 2.45. The zero-order valence-electron chi connectivity index (χ0n) is 10.4. The molecular formula is C13H20BrFN2. The standard InChI is InChI=1S/C13H20BrFN2/c1-10(2)17-8-4-7-16-9-11-12(14)5-3-6-13(11)15/h3,5-6,10,16-17H,4,7-9H2,1-2H3. The molecule has 0 aromatic heterocycles. The topological polar surface area (TPSA) is 24.1 Å². The van der Waals surface area contributed by atoms with Gasteiger partial charge in [0.2, 0.25) is 0 Å². The Labute approximate surface area is 111 Å². The monoisotopic (exact) mass is 302 g/mol. The van der Waals surface area contributed by atoms with Crippen LogP contribution in [0.5, 0.6) is 0 Å². The molecule has 0 fully saturated rings. The highest BCUT2D eigenvalue weighted by Gasteiger charge is 2.05. The summed E-state index contributed by atoms with van der Waals surface area (Å²) in [5.41, 5.74) is 0.698. The number of rotatable bonds is 7. The van der Waals surface area contributed by atoms with Crippen LogP contribution in [0, 0.1) is 5.82 Å². The lowest BCUT2D eigenvalue weighted by Gasteiger charge is -2.10. The molecule has 0 radical (unpaired) electrons. The Morgan fingerprint density at radius 2 is 2.06 bits per heavy atom. The van der Waals surface area contributed by atoms with Gasteiger partial charge in [-0.2, -0.15) is 0 Å². The molecule has 1 aromatic carbocycles. The van der Waals surface area contributed by atoms with Gasteiger partial charge in [0.15, 0.2) is 0 Å². The summed E-state index contributed by atoms with van der Waals surface area (Å²) in [6.45, 7) is 6.70. The molecule has 2 N–H and O–H groups in total. The number of hydrogen-bond acceptors (Lipinski definition) is 2. The molecule has 0 unspecified atom stereocenters. The van der Waals surface area contributed by atoms with Crippen molar-refractivity contribution in [2.24, 2.45) is 0 Å². The van der Waals surface area contributed by atoms with E-state index in [9.17, 15) is 4.39 Å². The lowest BCUT2D eigenvalue weighted by atomic mass is 10.2. The highest BCUT2D eigenvalue weighted by molar-refractivity contribution is 9.10. The van der Waals surface area contributed by atoms with E-state index in [1.165, 1.54) is 6.07 Å². The zero-order chi connectivity index (χ0) is 12.7. The Morgan fingerprint density at radius 3 is 2.71 bits per heavy atom. The normalized spacial score (nSPS) is 11.1. The van der Waals surface area contributed by atoms with E-state index in [4.69, 9.17) is 0 Å². The summed E-state index contributed by atoms with van der Waals surface area (Å²) in [6.07, 6.45) is 1.05. The van der Waals surface area contributed by atoms with Gasteiger partial charge < -0.3 is 10.6 Å². The maximum atomic E-state index is 13.4. The minimum absolute atomic E-state index is 0.160.